The highest BCUT2D eigenvalue weighted by atomic mass is 16.5. The quantitative estimate of drug-likeness (QED) is 0.357. The third kappa shape index (κ3) is 4.42. The van der Waals surface area contributed by atoms with Crippen LogP contribution in [0.1, 0.15) is 16.8 Å². The number of nitrogen functional groups attached to an aromatic ring is 1. The van der Waals surface area contributed by atoms with Crippen molar-refractivity contribution in [1.29, 1.82) is 0 Å². The lowest BCUT2D eigenvalue weighted by Crippen LogP contribution is -2.30. The molecule has 3 rings (SSSR count). The first-order valence-corrected chi connectivity index (χ1v) is 8.58. The second kappa shape index (κ2) is 8.81. The van der Waals surface area contributed by atoms with E-state index in [4.69, 9.17) is 10.5 Å². The topological polar surface area (TPSA) is 114 Å². The van der Waals surface area contributed by atoms with E-state index < -0.39 is 0 Å². The minimum absolute atomic E-state index is 0.278. The molecule has 1 heterocycles. The Labute approximate surface area is 157 Å². The molecule has 140 valence electrons. The molecule has 0 aliphatic carbocycles. The van der Waals surface area contributed by atoms with Gasteiger partial charge in [-0.1, -0.05) is 36.4 Å². The van der Waals surface area contributed by atoms with Gasteiger partial charge in [0.2, 0.25) is 0 Å². The molecule has 8 nitrogen and oxygen atoms in total. The Morgan fingerprint density at radius 1 is 1.11 bits per heavy atom. The molecule has 0 aliphatic heterocycles. The lowest BCUT2D eigenvalue weighted by atomic mass is 10.0. The average Bonchev–Trinajstić information content (AvgIpc) is 2.70. The molecule has 0 saturated heterocycles. The van der Waals surface area contributed by atoms with E-state index >= 15 is 0 Å². The van der Waals surface area contributed by atoms with Crippen LogP contribution in [0, 0.1) is 0 Å². The molecule has 0 aliphatic rings. The highest BCUT2D eigenvalue weighted by molar-refractivity contribution is 6.07. The maximum Gasteiger partial charge on any atom is 0.270 e. The number of hydrazine groups is 1. The Morgan fingerprint density at radius 3 is 2.74 bits per heavy atom. The Hall–Kier alpha value is -3.39. The first-order valence-electron chi connectivity index (χ1n) is 8.58. The molecule has 8 heteroatoms. The van der Waals surface area contributed by atoms with Crippen LogP contribution in [0.5, 0.6) is 0 Å². The number of nitrogens with one attached hydrogen (secondary N) is 3. The van der Waals surface area contributed by atoms with E-state index in [0.29, 0.717) is 36.0 Å². The number of nitrogens with zero attached hydrogens (tertiary/aromatic N) is 2. The molecule has 5 N–H and O–H groups in total. The van der Waals surface area contributed by atoms with Crippen molar-refractivity contribution in [3.8, 4) is 0 Å². The minimum atomic E-state index is -0.278. The Balaban J connectivity index is 1.68. The SMILES string of the molecule is COCCCNc1ncnc(NNC(=O)c2cccc3ccccc23)c1N. The second-order valence-electron chi connectivity index (χ2n) is 5.86. The summed E-state index contributed by atoms with van der Waals surface area (Å²) in [6.45, 7) is 1.31. The van der Waals surface area contributed by atoms with Gasteiger partial charge in [0.15, 0.2) is 11.6 Å². The van der Waals surface area contributed by atoms with E-state index in [1.54, 1.807) is 13.2 Å². The van der Waals surface area contributed by atoms with Crippen LogP contribution in [0.2, 0.25) is 0 Å². The van der Waals surface area contributed by atoms with Gasteiger partial charge >= 0.3 is 0 Å². The fraction of sp³-hybridized carbons (Fsp3) is 0.211. The van der Waals surface area contributed by atoms with Gasteiger partial charge in [0.25, 0.3) is 5.91 Å². The monoisotopic (exact) mass is 366 g/mol. The van der Waals surface area contributed by atoms with E-state index in [0.717, 1.165) is 17.2 Å². The number of fused-ring (bicyclic) bond motifs is 1. The average molecular weight is 366 g/mol. The number of anilines is 3. The summed E-state index contributed by atoms with van der Waals surface area (Å²) in [5.74, 6) is 0.551. The summed E-state index contributed by atoms with van der Waals surface area (Å²) in [6, 6.07) is 13.3. The molecule has 3 aromatic rings. The summed E-state index contributed by atoms with van der Waals surface area (Å²) >= 11 is 0. The van der Waals surface area contributed by atoms with Crippen molar-refractivity contribution >= 4 is 34.0 Å². The van der Waals surface area contributed by atoms with Crippen molar-refractivity contribution in [2.75, 3.05) is 36.7 Å². The summed E-state index contributed by atoms with van der Waals surface area (Å²) in [5.41, 5.74) is 12.4. The zero-order chi connectivity index (χ0) is 19.1. The van der Waals surface area contributed by atoms with Gasteiger partial charge in [-0.25, -0.2) is 9.97 Å². The summed E-state index contributed by atoms with van der Waals surface area (Å²) in [5, 5.41) is 4.99. The van der Waals surface area contributed by atoms with Gasteiger partial charge in [0, 0.05) is 25.8 Å². The van der Waals surface area contributed by atoms with Crippen LogP contribution in [-0.2, 0) is 4.74 Å². The fourth-order valence-electron chi connectivity index (χ4n) is 2.67. The molecule has 0 spiro atoms. The van der Waals surface area contributed by atoms with Crippen molar-refractivity contribution in [3.63, 3.8) is 0 Å². The van der Waals surface area contributed by atoms with Gasteiger partial charge < -0.3 is 15.8 Å². The van der Waals surface area contributed by atoms with Crippen molar-refractivity contribution < 1.29 is 9.53 Å². The second-order valence-corrected chi connectivity index (χ2v) is 5.86. The molecule has 0 bridgehead atoms. The first kappa shape index (κ1) is 18.4. The molecule has 0 fully saturated rings. The molecule has 0 unspecified atom stereocenters. The Bertz CT molecular complexity index is 926. The maximum atomic E-state index is 12.6. The van der Waals surface area contributed by atoms with Gasteiger partial charge in [-0.15, -0.1) is 0 Å². The van der Waals surface area contributed by atoms with Crippen molar-refractivity contribution in [3.05, 3.63) is 54.4 Å². The van der Waals surface area contributed by atoms with Crippen molar-refractivity contribution in [2.24, 2.45) is 0 Å². The van der Waals surface area contributed by atoms with E-state index in [-0.39, 0.29) is 5.91 Å². The molecule has 0 radical (unpaired) electrons. The highest BCUT2D eigenvalue weighted by Gasteiger charge is 2.12. The van der Waals surface area contributed by atoms with Crippen LogP contribution < -0.4 is 21.9 Å². The van der Waals surface area contributed by atoms with E-state index in [9.17, 15) is 4.79 Å². The van der Waals surface area contributed by atoms with Crippen molar-refractivity contribution in [2.45, 2.75) is 6.42 Å². The fourth-order valence-corrected chi connectivity index (χ4v) is 2.67. The number of hydrogen-bond acceptors (Lipinski definition) is 7. The molecule has 0 atom stereocenters. The van der Waals surface area contributed by atoms with E-state index in [1.165, 1.54) is 6.33 Å². The normalized spacial score (nSPS) is 10.6. The number of methoxy groups -OCH3 is 1. The number of nitrogens with two attached hydrogens (primary N) is 1. The largest absolute Gasteiger partial charge is 0.393 e. The van der Waals surface area contributed by atoms with Gasteiger partial charge in [0.1, 0.15) is 12.0 Å². The van der Waals surface area contributed by atoms with Gasteiger partial charge in [-0.3, -0.25) is 15.6 Å². The number of aromatic nitrogens is 2. The van der Waals surface area contributed by atoms with Crippen molar-refractivity contribution in [1.82, 2.24) is 15.4 Å². The smallest absolute Gasteiger partial charge is 0.270 e. The predicted molar refractivity (Wildman–Crippen MR) is 106 cm³/mol. The van der Waals surface area contributed by atoms with Gasteiger partial charge in [0.05, 0.1) is 0 Å². The molecule has 1 amide bonds. The Kier molecular flexibility index (Phi) is 6.01. The zero-order valence-corrected chi connectivity index (χ0v) is 15.0. The van der Waals surface area contributed by atoms with Crippen LogP contribution in [0.4, 0.5) is 17.3 Å². The third-order valence-corrected chi connectivity index (χ3v) is 4.03. The van der Waals surface area contributed by atoms with Gasteiger partial charge in [-0.05, 0) is 23.3 Å². The summed E-state index contributed by atoms with van der Waals surface area (Å²) in [6.07, 6.45) is 2.20. The predicted octanol–water partition coefficient (Wildman–Crippen LogP) is 2.42. The zero-order valence-electron chi connectivity index (χ0n) is 15.0. The van der Waals surface area contributed by atoms with Crippen LogP contribution >= 0.6 is 0 Å². The maximum absolute atomic E-state index is 12.6. The van der Waals surface area contributed by atoms with Crippen LogP contribution in [0.3, 0.4) is 0 Å². The lowest BCUT2D eigenvalue weighted by molar-refractivity contribution is 0.0964. The van der Waals surface area contributed by atoms with Gasteiger partial charge in [-0.2, -0.15) is 0 Å². The number of carbonyl (C=O) groups excluding carboxylic acids is 1. The van der Waals surface area contributed by atoms with Crippen LogP contribution in [0.15, 0.2) is 48.8 Å². The number of hydrogen-bond donors (Lipinski definition) is 4. The number of ether oxygens (including phenoxy) is 1. The molecule has 27 heavy (non-hydrogen) atoms. The lowest BCUT2D eigenvalue weighted by Gasteiger charge is -2.13. The van der Waals surface area contributed by atoms with Crippen LogP contribution in [0.25, 0.3) is 10.8 Å². The third-order valence-electron chi connectivity index (χ3n) is 4.03. The highest BCUT2D eigenvalue weighted by Crippen LogP contribution is 2.22. The molecular weight excluding hydrogens is 344 g/mol. The number of rotatable bonds is 8. The number of benzene rings is 2. The standard InChI is InChI=1S/C19H22N6O2/c1-27-11-5-10-21-17-16(20)18(23-12-22-17)24-25-19(26)15-9-4-7-13-6-2-3-8-14(13)15/h2-4,6-9,12H,5,10-11,20H2,1H3,(H,25,26)(H2,21,22,23,24). The molecular formula is C19H22N6O2. The molecule has 0 saturated carbocycles. The summed E-state index contributed by atoms with van der Waals surface area (Å²) < 4.78 is 5.01. The summed E-state index contributed by atoms with van der Waals surface area (Å²) in [4.78, 5) is 20.8. The molecule has 1 aromatic heterocycles. The van der Waals surface area contributed by atoms with E-state index in [1.807, 2.05) is 36.4 Å². The first-order chi connectivity index (χ1) is 13.2. The molecule has 2 aromatic carbocycles. The number of amides is 1. The Morgan fingerprint density at radius 2 is 1.89 bits per heavy atom. The summed E-state index contributed by atoms with van der Waals surface area (Å²) in [7, 11) is 1.65. The number of carbonyl (C=O) groups is 1. The van der Waals surface area contributed by atoms with Crippen LogP contribution in [-0.4, -0.2) is 36.1 Å². The minimum Gasteiger partial charge on any atom is -0.393 e. The van der Waals surface area contributed by atoms with E-state index in [2.05, 4.69) is 26.1 Å².